The van der Waals surface area contributed by atoms with Gasteiger partial charge in [0.2, 0.25) is 0 Å². The zero-order valence-corrected chi connectivity index (χ0v) is 10.5. The summed E-state index contributed by atoms with van der Waals surface area (Å²) in [5, 5.41) is 12.9. The molecule has 0 amide bonds. The maximum absolute atomic E-state index is 10.4. The summed E-state index contributed by atoms with van der Waals surface area (Å²) < 4.78 is 0. The molecule has 0 aliphatic heterocycles. The number of para-hydroxylation sites is 1. The molecule has 0 saturated heterocycles. The third kappa shape index (κ3) is 2.90. The van der Waals surface area contributed by atoms with E-state index in [1.807, 2.05) is 12.1 Å². The van der Waals surface area contributed by atoms with Gasteiger partial charge in [0.05, 0.1) is 6.42 Å². The van der Waals surface area contributed by atoms with E-state index >= 15 is 0 Å². The van der Waals surface area contributed by atoms with E-state index in [1.54, 1.807) is 0 Å². The van der Waals surface area contributed by atoms with Gasteiger partial charge >= 0.3 is 5.97 Å². The van der Waals surface area contributed by atoms with Crippen LogP contribution in [0.2, 0.25) is 0 Å². The molecule has 2 aromatic rings. The second-order valence-corrected chi connectivity index (χ2v) is 4.42. The zero-order valence-electron chi connectivity index (χ0n) is 10.5. The van der Waals surface area contributed by atoms with Gasteiger partial charge in [-0.1, -0.05) is 18.2 Å². The number of aliphatic carboxylic acids is 1. The summed E-state index contributed by atoms with van der Waals surface area (Å²) in [4.78, 5) is 13.7. The molecular weight excluding hydrogens is 228 g/mol. The highest BCUT2D eigenvalue weighted by Gasteiger charge is 2.07. The predicted octanol–water partition coefficient (Wildman–Crippen LogP) is 2.08. The topological polar surface area (TPSA) is 65.1 Å². The highest BCUT2D eigenvalue weighted by atomic mass is 16.4. The van der Waals surface area contributed by atoms with E-state index in [2.05, 4.69) is 29.4 Å². The van der Waals surface area contributed by atoms with Gasteiger partial charge in [-0.25, -0.2) is 0 Å². The maximum Gasteiger partial charge on any atom is 0.304 e. The largest absolute Gasteiger partial charge is 0.481 e. The Hall–Kier alpha value is -1.81. The van der Waals surface area contributed by atoms with Crippen LogP contribution in [-0.4, -0.2) is 29.1 Å². The maximum atomic E-state index is 10.4. The first-order chi connectivity index (χ1) is 8.68. The van der Waals surface area contributed by atoms with Crippen molar-refractivity contribution in [1.82, 2.24) is 10.3 Å². The smallest absolute Gasteiger partial charge is 0.304 e. The third-order valence-electron chi connectivity index (χ3n) is 3.09. The Kier molecular flexibility index (Phi) is 3.99. The van der Waals surface area contributed by atoms with Gasteiger partial charge in [0, 0.05) is 23.1 Å². The molecule has 1 aromatic heterocycles. The summed E-state index contributed by atoms with van der Waals surface area (Å²) in [6, 6.07) is 8.25. The lowest BCUT2D eigenvalue weighted by Gasteiger charge is -2.03. The summed E-state index contributed by atoms with van der Waals surface area (Å²) in [6.07, 6.45) is 1.09. The SMILES string of the molecule is Cc1[nH]c2ccccc2c1CCNCCC(=O)O. The van der Waals surface area contributed by atoms with Crippen molar-refractivity contribution in [1.29, 1.82) is 0 Å². The highest BCUT2D eigenvalue weighted by Crippen LogP contribution is 2.21. The number of hydrogen-bond acceptors (Lipinski definition) is 2. The van der Waals surface area contributed by atoms with Gasteiger partial charge in [0.25, 0.3) is 0 Å². The molecule has 96 valence electrons. The minimum Gasteiger partial charge on any atom is -0.481 e. The molecule has 0 radical (unpaired) electrons. The van der Waals surface area contributed by atoms with Crippen LogP contribution in [-0.2, 0) is 11.2 Å². The lowest BCUT2D eigenvalue weighted by atomic mass is 10.1. The number of aromatic nitrogens is 1. The van der Waals surface area contributed by atoms with Gasteiger partial charge in [0.1, 0.15) is 0 Å². The number of aromatic amines is 1. The van der Waals surface area contributed by atoms with Crippen molar-refractivity contribution in [3.05, 3.63) is 35.5 Å². The Balaban J connectivity index is 1.95. The number of aryl methyl sites for hydroxylation is 1. The first-order valence-corrected chi connectivity index (χ1v) is 6.17. The van der Waals surface area contributed by atoms with Crippen molar-refractivity contribution in [3.8, 4) is 0 Å². The van der Waals surface area contributed by atoms with Crippen molar-refractivity contribution in [2.24, 2.45) is 0 Å². The predicted molar refractivity (Wildman–Crippen MR) is 71.9 cm³/mol. The number of hydrogen-bond donors (Lipinski definition) is 3. The third-order valence-corrected chi connectivity index (χ3v) is 3.09. The molecule has 0 aliphatic carbocycles. The van der Waals surface area contributed by atoms with Crippen LogP contribution in [0.25, 0.3) is 10.9 Å². The summed E-state index contributed by atoms with van der Waals surface area (Å²) in [7, 11) is 0. The van der Waals surface area contributed by atoms with Gasteiger partial charge < -0.3 is 15.4 Å². The molecule has 0 saturated carbocycles. The Morgan fingerprint density at radius 1 is 1.33 bits per heavy atom. The molecule has 1 aromatic carbocycles. The van der Waals surface area contributed by atoms with E-state index < -0.39 is 5.97 Å². The molecule has 3 N–H and O–H groups in total. The Bertz CT molecular complexity index is 546. The molecule has 1 heterocycles. The van der Waals surface area contributed by atoms with Gasteiger partial charge in [-0.3, -0.25) is 4.79 Å². The van der Waals surface area contributed by atoms with E-state index in [9.17, 15) is 4.79 Å². The summed E-state index contributed by atoms with van der Waals surface area (Å²) >= 11 is 0. The molecule has 0 unspecified atom stereocenters. The van der Waals surface area contributed by atoms with Crippen molar-refractivity contribution in [2.45, 2.75) is 19.8 Å². The van der Waals surface area contributed by atoms with Gasteiger partial charge in [-0.2, -0.15) is 0 Å². The van der Waals surface area contributed by atoms with Gasteiger partial charge in [0.15, 0.2) is 0 Å². The number of carboxylic acids is 1. The molecule has 4 heteroatoms. The van der Waals surface area contributed by atoms with E-state index in [0.29, 0.717) is 6.54 Å². The van der Waals surface area contributed by atoms with Crippen LogP contribution in [0.1, 0.15) is 17.7 Å². The van der Waals surface area contributed by atoms with Crippen LogP contribution in [0, 0.1) is 6.92 Å². The number of carboxylic acid groups (broad SMARTS) is 1. The van der Waals surface area contributed by atoms with Crippen LogP contribution in [0.3, 0.4) is 0 Å². The molecule has 0 atom stereocenters. The first-order valence-electron chi connectivity index (χ1n) is 6.17. The minimum atomic E-state index is -0.759. The zero-order chi connectivity index (χ0) is 13.0. The van der Waals surface area contributed by atoms with Crippen molar-refractivity contribution >= 4 is 16.9 Å². The Morgan fingerprint density at radius 2 is 2.11 bits per heavy atom. The van der Waals surface area contributed by atoms with Crippen LogP contribution in [0.5, 0.6) is 0 Å². The Labute approximate surface area is 106 Å². The molecule has 18 heavy (non-hydrogen) atoms. The number of fused-ring (bicyclic) bond motifs is 1. The fraction of sp³-hybridized carbons (Fsp3) is 0.357. The lowest BCUT2D eigenvalue weighted by Crippen LogP contribution is -2.20. The van der Waals surface area contributed by atoms with E-state index in [-0.39, 0.29) is 6.42 Å². The standard InChI is InChI=1S/C14H18N2O2/c1-10-11(6-8-15-9-7-14(17)18)12-4-2-3-5-13(12)16-10/h2-5,15-16H,6-9H2,1H3,(H,17,18). The number of nitrogens with one attached hydrogen (secondary N) is 2. The number of H-pyrrole nitrogens is 1. The van der Waals surface area contributed by atoms with E-state index in [1.165, 1.54) is 16.6 Å². The molecule has 0 aliphatic rings. The fourth-order valence-electron chi connectivity index (χ4n) is 2.19. The van der Waals surface area contributed by atoms with Crippen LogP contribution < -0.4 is 5.32 Å². The monoisotopic (exact) mass is 246 g/mol. The van der Waals surface area contributed by atoms with Crippen molar-refractivity contribution < 1.29 is 9.90 Å². The van der Waals surface area contributed by atoms with Crippen LogP contribution >= 0.6 is 0 Å². The quantitative estimate of drug-likeness (QED) is 0.684. The summed E-state index contributed by atoms with van der Waals surface area (Å²) in [5.74, 6) is -0.759. The molecule has 0 bridgehead atoms. The molecular formula is C14H18N2O2. The normalized spacial score (nSPS) is 10.9. The van der Waals surface area contributed by atoms with E-state index in [4.69, 9.17) is 5.11 Å². The second kappa shape index (κ2) is 5.69. The average Bonchev–Trinajstić information content (AvgIpc) is 2.65. The summed E-state index contributed by atoms with van der Waals surface area (Å²) in [6.45, 7) is 3.40. The van der Waals surface area contributed by atoms with Crippen molar-refractivity contribution in [3.63, 3.8) is 0 Å². The second-order valence-electron chi connectivity index (χ2n) is 4.42. The summed E-state index contributed by atoms with van der Waals surface area (Å²) in [5.41, 5.74) is 3.67. The lowest BCUT2D eigenvalue weighted by molar-refractivity contribution is -0.136. The van der Waals surface area contributed by atoms with Gasteiger partial charge in [-0.15, -0.1) is 0 Å². The average molecular weight is 246 g/mol. The van der Waals surface area contributed by atoms with E-state index in [0.717, 1.165) is 18.5 Å². The van der Waals surface area contributed by atoms with Gasteiger partial charge in [-0.05, 0) is 31.5 Å². The molecule has 2 rings (SSSR count). The molecule has 0 spiro atoms. The van der Waals surface area contributed by atoms with Crippen molar-refractivity contribution in [2.75, 3.05) is 13.1 Å². The first kappa shape index (κ1) is 12.6. The Morgan fingerprint density at radius 3 is 2.89 bits per heavy atom. The fourth-order valence-corrected chi connectivity index (χ4v) is 2.19. The number of carbonyl (C=O) groups is 1. The van der Waals surface area contributed by atoms with Crippen LogP contribution in [0.4, 0.5) is 0 Å². The highest BCUT2D eigenvalue weighted by molar-refractivity contribution is 5.84. The van der Waals surface area contributed by atoms with Crippen LogP contribution in [0.15, 0.2) is 24.3 Å². The number of benzene rings is 1. The molecule has 4 nitrogen and oxygen atoms in total. The molecule has 0 fully saturated rings. The number of rotatable bonds is 6. The minimum absolute atomic E-state index is 0.173.